The molecular formula is C14H15N3O4S2. The van der Waals surface area contributed by atoms with Gasteiger partial charge in [-0.1, -0.05) is 23.9 Å². The lowest BCUT2D eigenvalue weighted by atomic mass is 10.3. The molecule has 1 aliphatic rings. The molecule has 0 atom stereocenters. The number of hydrogen-bond acceptors (Lipinski definition) is 7. The van der Waals surface area contributed by atoms with Crippen LogP contribution in [0, 0.1) is 0 Å². The quantitative estimate of drug-likeness (QED) is 0.793. The molecule has 0 saturated heterocycles. The molecule has 1 aromatic heterocycles. The van der Waals surface area contributed by atoms with Crippen LogP contribution in [0.25, 0.3) is 0 Å². The molecule has 1 fully saturated rings. The van der Waals surface area contributed by atoms with E-state index in [1.54, 1.807) is 18.2 Å². The maximum atomic E-state index is 12.0. The third kappa shape index (κ3) is 4.11. The number of thioether (sulfide) groups is 1. The van der Waals surface area contributed by atoms with E-state index >= 15 is 0 Å². The van der Waals surface area contributed by atoms with Crippen molar-refractivity contribution >= 4 is 33.2 Å². The molecule has 1 aliphatic carbocycles. The number of aromatic nitrogens is 2. The molecule has 23 heavy (non-hydrogen) atoms. The Morgan fingerprint density at radius 3 is 2.78 bits per heavy atom. The predicted molar refractivity (Wildman–Crippen MR) is 85.2 cm³/mol. The van der Waals surface area contributed by atoms with Gasteiger partial charge in [0.1, 0.15) is 0 Å². The summed E-state index contributed by atoms with van der Waals surface area (Å²) in [4.78, 5) is 12.1. The Morgan fingerprint density at radius 2 is 2.09 bits per heavy atom. The van der Waals surface area contributed by atoms with E-state index in [-0.39, 0.29) is 22.2 Å². The second kappa shape index (κ2) is 6.32. The van der Waals surface area contributed by atoms with Crippen molar-refractivity contribution in [3.63, 3.8) is 0 Å². The van der Waals surface area contributed by atoms with Crippen LogP contribution < -0.4 is 5.32 Å². The van der Waals surface area contributed by atoms with E-state index in [1.807, 2.05) is 0 Å². The fourth-order valence-corrected chi connectivity index (χ4v) is 3.39. The van der Waals surface area contributed by atoms with E-state index in [2.05, 4.69) is 15.5 Å². The van der Waals surface area contributed by atoms with Crippen LogP contribution in [0.15, 0.2) is 38.8 Å². The second-order valence-electron chi connectivity index (χ2n) is 5.29. The van der Waals surface area contributed by atoms with Gasteiger partial charge >= 0.3 is 0 Å². The summed E-state index contributed by atoms with van der Waals surface area (Å²) in [5, 5.41) is 10.8. The maximum Gasteiger partial charge on any atom is 0.277 e. The third-order valence-corrected chi connectivity index (χ3v) is 5.21. The van der Waals surface area contributed by atoms with Crippen LogP contribution in [0.2, 0.25) is 0 Å². The summed E-state index contributed by atoms with van der Waals surface area (Å²) in [6.45, 7) is 0. The lowest BCUT2D eigenvalue weighted by Gasteiger charge is -2.08. The van der Waals surface area contributed by atoms with Gasteiger partial charge in [0, 0.05) is 12.2 Å². The Labute approximate surface area is 137 Å². The molecule has 3 rings (SSSR count). The van der Waals surface area contributed by atoms with Crippen LogP contribution in [0.3, 0.4) is 0 Å². The molecule has 1 heterocycles. The highest BCUT2D eigenvalue weighted by Gasteiger charge is 2.29. The van der Waals surface area contributed by atoms with Gasteiger partial charge in [0.15, 0.2) is 9.84 Å². The van der Waals surface area contributed by atoms with Crippen LogP contribution in [0.4, 0.5) is 5.69 Å². The molecule has 0 bridgehead atoms. The molecule has 0 radical (unpaired) electrons. The fraction of sp³-hybridized carbons (Fsp3) is 0.357. The summed E-state index contributed by atoms with van der Waals surface area (Å²) in [6, 6.07) is 6.28. The van der Waals surface area contributed by atoms with Crippen LogP contribution in [-0.2, 0) is 14.6 Å². The van der Waals surface area contributed by atoms with Crippen molar-refractivity contribution in [2.24, 2.45) is 0 Å². The normalized spacial score (nSPS) is 14.7. The molecule has 2 aromatic rings. The van der Waals surface area contributed by atoms with Gasteiger partial charge in [0.2, 0.25) is 11.8 Å². The number of nitrogens with zero attached hydrogens (tertiary/aromatic N) is 2. The summed E-state index contributed by atoms with van der Waals surface area (Å²) in [5.41, 5.74) is 0.268. The number of amides is 1. The summed E-state index contributed by atoms with van der Waals surface area (Å²) < 4.78 is 28.8. The minimum atomic E-state index is -3.41. The first-order valence-corrected chi connectivity index (χ1v) is 9.86. The van der Waals surface area contributed by atoms with E-state index < -0.39 is 9.84 Å². The van der Waals surface area contributed by atoms with Gasteiger partial charge in [0.25, 0.3) is 5.22 Å². The van der Waals surface area contributed by atoms with Crippen molar-refractivity contribution < 1.29 is 17.6 Å². The van der Waals surface area contributed by atoms with Gasteiger partial charge in [-0.25, -0.2) is 8.42 Å². The molecule has 1 saturated carbocycles. The first-order valence-electron chi connectivity index (χ1n) is 6.98. The molecule has 1 amide bonds. The smallest absolute Gasteiger partial charge is 0.277 e. The zero-order valence-electron chi connectivity index (χ0n) is 12.4. The van der Waals surface area contributed by atoms with Crippen molar-refractivity contribution in [1.82, 2.24) is 10.2 Å². The first kappa shape index (κ1) is 16.0. The number of rotatable bonds is 6. The van der Waals surface area contributed by atoms with Gasteiger partial charge < -0.3 is 9.73 Å². The Bertz CT molecular complexity index is 828. The Kier molecular flexibility index (Phi) is 4.40. The molecule has 0 unspecified atom stereocenters. The van der Waals surface area contributed by atoms with Crippen molar-refractivity contribution in [3.05, 3.63) is 30.2 Å². The van der Waals surface area contributed by atoms with Crippen molar-refractivity contribution in [2.75, 3.05) is 17.3 Å². The zero-order valence-corrected chi connectivity index (χ0v) is 14.0. The van der Waals surface area contributed by atoms with Crippen LogP contribution in [0.5, 0.6) is 0 Å². The molecule has 122 valence electrons. The molecule has 7 nitrogen and oxygen atoms in total. The van der Waals surface area contributed by atoms with Gasteiger partial charge in [-0.05, 0) is 25.0 Å². The van der Waals surface area contributed by atoms with Crippen molar-refractivity contribution in [1.29, 1.82) is 0 Å². The van der Waals surface area contributed by atoms with E-state index in [1.165, 1.54) is 6.07 Å². The van der Waals surface area contributed by atoms with Crippen LogP contribution in [-0.4, -0.2) is 36.5 Å². The largest absolute Gasteiger partial charge is 0.416 e. The SMILES string of the molecule is CS(=O)(=O)c1ccccc1NC(=O)CSc1nnc(C2CC2)o1. The number of para-hydroxylation sites is 1. The molecular weight excluding hydrogens is 338 g/mol. The van der Waals surface area contributed by atoms with Gasteiger partial charge in [-0.3, -0.25) is 4.79 Å². The zero-order chi connectivity index (χ0) is 16.4. The lowest BCUT2D eigenvalue weighted by molar-refractivity contribution is -0.113. The molecule has 0 aliphatic heterocycles. The Balaban J connectivity index is 1.61. The summed E-state index contributed by atoms with van der Waals surface area (Å²) >= 11 is 1.13. The highest BCUT2D eigenvalue weighted by Crippen LogP contribution is 2.39. The maximum absolute atomic E-state index is 12.0. The topological polar surface area (TPSA) is 102 Å². The van der Waals surface area contributed by atoms with Gasteiger partial charge in [-0.2, -0.15) is 0 Å². The van der Waals surface area contributed by atoms with Crippen LogP contribution in [0.1, 0.15) is 24.7 Å². The fourth-order valence-electron chi connectivity index (χ4n) is 1.98. The van der Waals surface area contributed by atoms with E-state index in [9.17, 15) is 13.2 Å². The minimum Gasteiger partial charge on any atom is -0.416 e. The second-order valence-corrected chi connectivity index (χ2v) is 8.20. The molecule has 0 spiro atoms. The lowest BCUT2D eigenvalue weighted by Crippen LogP contribution is -2.16. The Hall–Kier alpha value is -1.87. The van der Waals surface area contributed by atoms with E-state index in [4.69, 9.17) is 4.42 Å². The number of sulfone groups is 1. The number of hydrogen-bond donors (Lipinski definition) is 1. The molecule has 1 aromatic carbocycles. The van der Waals surface area contributed by atoms with Crippen molar-refractivity contribution in [2.45, 2.75) is 28.9 Å². The minimum absolute atomic E-state index is 0.0599. The number of carbonyl (C=O) groups is 1. The summed E-state index contributed by atoms with van der Waals surface area (Å²) in [5.74, 6) is 0.713. The average molecular weight is 353 g/mol. The third-order valence-electron chi connectivity index (χ3n) is 3.24. The van der Waals surface area contributed by atoms with Crippen LogP contribution >= 0.6 is 11.8 Å². The summed E-state index contributed by atoms with van der Waals surface area (Å²) in [6.07, 6.45) is 3.23. The first-order chi connectivity index (χ1) is 10.9. The number of benzene rings is 1. The predicted octanol–water partition coefficient (Wildman–Crippen LogP) is 2.08. The monoisotopic (exact) mass is 353 g/mol. The van der Waals surface area contributed by atoms with Crippen molar-refractivity contribution in [3.8, 4) is 0 Å². The molecule has 9 heteroatoms. The van der Waals surface area contributed by atoms with Gasteiger partial charge in [-0.15, -0.1) is 10.2 Å². The average Bonchev–Trinajstić information content (AvgIpc) is 3.24. The Morgan fingerprint density at radius 1 is 1.35 bits per heavy atom. The standard InChI is InChI=1S/C14H15N3O4S2/c1-23(19,20)11-5-3-2-4-10(11)15-12(18)8-22-14-17-16-13(21-14)9-6-7-9/h2-5,9H,6-8H2,1H3,(H,15,18). The number of nitrogens with one attached hydrogen (secondary N) is 1. The highest BCUT2D eigenvalue weighted by atomic mass is 32.2. The number of carbonyl (C=O) groups excluding carboxylic acids is 1. The van der Waals surface area contributed by atoms with E-state index in [0.717, 1.165) is 30.9 Å². The van der Waals surface area contributed by atoms with E-state index in [0.29, 0.717) is 17.0 Å². The number of anilines is 1. The molecule has 1 N–H and O–H groups in total. The highest BCUT2D eigenvalue weighted by molar-refractivity contribution is 7.99. The van der Waals surface area contributed by atoms with Gasteiger partial charge in [0.05, 0.1) is 16.3 Å². The summed E-state index contributed by atoms with van der Waals surface area (Å²) in [7, 11) is -3.41.